The highest BCUT2D eigenvalue weighted by Gasteiger charge is 2.26. The van der Waals surface area contributed by atoms with Gasteiger partial charge in [0, 0.05) is 6.61 Å². The summed E-state index contributed by atoms with van der Waals surface area (Å²) in [5.74, 6) is 0. The monoisotopic (exact) mass is 160 g/mol. The summed E-state index contributed by atoms with van der Waals surface area (Å²) in [6.45, 7) is -2.10. The van der Waals surface area contributed by atoms with Gasteiger partial charge in [0.25, 0.3) is 0 Å². The van der Waals surface area contributed by atoms with Crippen LogP contribution in [0.15, 0.2) is 0 Å². The van der Waals surface area contributed by atoms with Gasteiger partial charge >= 0.3 is 6.18 Å². The zero-order valence-corrected chi connectivity index (χ0v) is 5.25. The van der Waals surface area contributed by atoms with Crippen LogP contribution >= 0.6 is 0 Å². The molecule has 0 fully saturated rings. The quantitative estimate of drug-likeness (QED) is 0.451. The van der Waals surface area contributed by atoms with Crippen molar-refractivity contribution in [3.8, 4) is 0 Å². The number of rotatable bonds is 4. The van der Waals surface area contributed by atoms with Crippen molar-refractivity contribution in [3.05, 3.63) is 0 Å². The van der Waals surface area contributed by atoms with Crippen LogP contribution in [0.1, 0.15) is 6.42 Å². The molecule has 0 aromatic carbocycles. The van der Waals surface area contributed by atoms with E-state index in [1.807, 2.05) is 0 Å². The van der Waals surface area contributed by atoms with Crippen LogP contribution in [0.25, 0.3) is 0 Å². The van der Waals surface area contributed by atoms with Gasteiger partial charge in [-0.05, 0) is 6.42 Å². The van der Waals surface area contributed by atoms with E-state index in [0.717, 1.165) is 0 Å². The molecule has 0 aliphatic heterocycles. The lowest BCUT2D eigenvalue weighted by atomic mass is 10.5. The van der Waals surface area contributed by atoms with Crippen molar-refractivity contribution in [1.82, 2.24) is 0 Å². The van der Waals surface area contributed by atoms with E-state index in [1.165, 1.54) is 0 Å². The van der Waals surface area contributed by atoms with Gasteiger partial charge in [0.2, 0.25) is 0 Å². The molecule has 0 aromatic rings. The van der Waals surface area contributed by atoms with Gasteiger partial charge in [-0.1, -0.05) is 0 Å². The average molecular weight is 160 g/mol. The van der Waals surface area contributed by atoms with Crippen molar-refractivity contribution in [1.29, 1.82) is 0 Å². The fraction of sp³-hybridized carbons (Fsp3) is 1.00. The highest BCUT2D eigenvalue weighted by atomic mass is 19.4. The van der Waals surface area contributed by atoms with Gasteiger partial charge in [0.15, 0.2) is 0 Å². The SMILES string of the molecule is FCCCOCC(F)(F)F. The van der Waals surface area contributed by atoms with Gasteiger partial charge in [-0.25, -0.2) is 0 Å². The van der Waals surface area contributed by atoms with E-state index >= 15 is 0 Å². The number of alkyl halides is 4. The molecular weight excluding hydrogens is 152 g/mol. The highest BCUT2D eigenvalue weighted by Crippen LogP contribution is 2.14. The molecule has 0 heterocycles. The van der Waals surface area contributed by atoms with Crippen LogP contribution in [0.4, 0.5) is 17.6 Å². The van der Waals surface area contributed by atoms with E-state index in [1.54, 1.807) is 0 Å². The fourth-order valence-corrected chi connectivity index (χ4v) is 0.345. The first-order valence-corrected chi connectivity index (χ1v) is 2.77. The summed E-state index contributed by atoms with van der Waals surface area (Å²) in [4.78, 5) is 0. The zero-order valence-electron chi connectivity index (χ0n) is 5.25. The van der Waals surface area contributed by atoms with Crippen molar-refractivity contribution in [2.24, 2.45) is 0 Å². The molecule has 0 saturated carbocycles. The van der Waals surface area contributed by atoms with Crippen LogP contribution in [0.2, 0.25) is 0 Å². The van der Waals surface area contributed by atoms with Crippen LogP contribution < -0.4 is 0 Å². The van der Waals surface area contributed by atoms with Crippen LogP contribution in [-0.2, 0) is 4.74 Å². The Kier molecular flexibility index (Phi) is 4.34. The van der Waals surface area contributed by atoms with E-state index < -0.39 is 19.5 Å². The molecule has 0 atom stereocenters. The molecule has 62 valence electrons. The van der Waals surface area contributed by atoms with Crippen LogP contribution in [0.5, 0.6) is 0 Å². The van der Waals surface area contributed by atoms with Gasteiger partial charge in [-0.3, -0.25) is 4.39 Å². The van der Waals surface area contributed by atoms with Gasteiger partial charge < -0.3 is 4.74 Å². The molecule has 0 aromatic heterocycles. The highest BCUT2D eigenvalue weighted by molar-refractivity contribution is 4.45. The molecule has 0 radical (unpaired) electrons. The molecule has 5 heteroatoms. The summed E-state index contributed by atoms with van der Waals surface area (Å²) in [6.07, 6.45) is -4.27. The average Bonchev–Trinajstić information content (AvgIpc) is 1.78. The van der Waals surface area contributed by atoms with Crippen molar-refractivity contribution in [2.75, 3.05) is 19.9 Å². The number of hydrogen-bond acceptors (Lipinski definition) is 1. The van der Waals surface area contributed by atoms with Crippen LogP contribution in [-0.4, -0.2) is 26.1 Å². The lowest BCUT2D eigenvalue weighted by Gasteiger charge is -2.05. The Labute approximate surface area is 56.0 Å². The van der Waals surface area contributed by atoms with E-state index in [9.17, 15) is 17.6 Å². The maximum atomic E-state index is 11.3. The van der Waals surface area contributed by atoms with Gasteiger partial charge in [0.05, 0.1) is 6.67 Å². The molecular formula is C5H8F4O. The molecule has 0 N–H and O–H groups in total. The summed E-state index contributed by atoms with van der Waals surface area (Å²) >= 11 is 0. The molecule has 0 aliphatic rings. The Morgan fingerprint density at radius 1 is 1.20 bits per heavy atom. The summed E-state index contributed by atoms with van der Waals surface area (Å²) in [5, 5.41) is 0. The van der Waals surface area contributed by atoms with Gasteiger partial charge in [-0.2, -0.15) is 13.2 Å². The third-order valence-corrected chi connectivity index (χ3v) is 0.688. The largest absolute Gasteiger partial charge is 0.411 e. The van der Waals surface area contributed by atoms with Crippen molar-refractivity contribution in [2.45, 2.75) is 12.6 Å². The van der Waals surface area contributed by atoms with Crippen molar-refractivity contribution >= 4 is 0 Å². The second-order valence-electron chi connectivity index (χ2n) is 1.71. The van der Waals surface area contributed by atoms with Crippen LogP contribution in [0, 0.1) is 0 Å². The predicted molar refractivity (Wildman–Crippen MR) is 27.5 cm³/mol. The molecule has 0 saturated heterocycles. The van der Waals surface area contributed by atoms with Gasteiger partial charge in [0.1, 0.15) is 6.61 Å². The number of hydrogen-bond donors (Lipinski definition) is 0. The second kappa shape index (κ2) is 4.49. The molecule has 0 unspecified atom stereocenters. The fourth-order valence-electron chi connectivity index (χ4n) is 0.345. The topological polar surface area (TPSA) is 9.23 Å². The maximum Gasteiger partial charge on any atom is 0.411 e. The third-order valence-electron chi connectivity index (χ3n) is 0.688. The standard InChI is InChI=1S/C5H8F4O/c6-2-1-3-10-4-5(7,8)9/h1-4H2. The Bertz CT molecular complexity index is 80.2. The Balaban J connectivity index is 3.04. The second-order valence-corrected chi connectivity index (χ2v) is 1.71. The maximum absolute atomic E-state index is 11.3. The van der Waals surface area contributed by atoms with E-state index in [-0.39, 0.29) is 13.0 Å². The minimum absolute atomic E-state index is 0.0239. The molecule has 1 nitrogen and oxygen atoms in total. The lowest BCUT2D eigenvalue weighted by molar-refractivity contribution is -0.174. The molecule has 0 aliphatic carbocycles. The zero-order chi connectivity index (χ0) is 8.04. The summed E-state index contributed by atoms with van der Waals surface area (Å²) in [7, 11) is 0. The minimum Gasteiger partial charge on any atom is -0.372 e. The smallest absolute Gasteiger partial charge is 0.372 e. The Hall–Kier alpha value is -0.320. The molecule has 0 bridgehead atoms. The Morgan fingerprint density at radius 3 is 2.20 bits per heavy atom. The minimum atomic E-state index is -4.30. The Morgan fingerprint density at radius 2 is 1.80 bits per heavy atom. The first kappa shape index (κ1) is 9.68. The van der Waals surface area contributed by atoms with Gasteiger partial charge in [-0.15, -0.1) is 0 Å². The predicted octanol–water partition coefficient (Wildman–Crippen LogP) is 1.92. The number of ether oxygens (including phenoxy) is 1. The lowest BCUT2D eigenvalue weighted by Crippen LogP contribution is -2.17. The van der Waals surface area contributed by atoms with E-state index in [2.05, 4.69) is 4.74 Å². The normalized spacial score (nSPS) is 12.0. The van der Waals surface area contributed by atoms with Crippen LogP contribution in [0.3, 0.4) is 0 Å². The van der Waals surface area contributed by atoms with Crippen molar-refractivity contribution in [3.63, 3.8) is 0 Å². The first-order chi connectivity index (χ1) is 4.56. The summed E-state index contributed by atoms with van der Waals surface area (Å²) in [6, 6.07) is 0. The first-order valence-electron chi connectivity index (χ1n) is 2.77. The molecule has 0 amide bonds. The van der Waals surface area contributed by atoms with Crippen molar-refractivity contribution < 1.29 is 22.3 Å². The molecule has 0 rings (SSSR count). The summed E-state index contributed by atoms with van der Waals surface area (Å²) < 4.78 is 49.1. The third kappa shape index (κ3) is 7.68. The number of halogens is 4. The van der Waals surface area contributed by atoms with E-state index in [0.29, 0.717) is 0 Å². The molecule has 0 spiro atoms. The summed E-state index contributed by atoms with van der Waals surface area (Å²) in [5.41, 5.74) is 0. The molecule has 10 heavy (non-hydrogen) atoms. The van der Waals surface area contributed by atoms with E-state index in [4.69, 9.17) is 0 Å².